The third-order valence-electron chi connectivity index (χ3n) is 3.92. The molecule has 1 unspecified atom stereocenters. The smallest absolute Gasteiger partial charge is 0.325 e. The Hall–Kier alpha value is -2.61. The molecular formula is C17H21ClN4O4. The van der Waals surface area contributed by atoms with Crippen LogP contribution in [0.3, 0.4) is 0 Å². The molecule has 0 spiro atoms. The Labute approximate surface area is 156 Å². The van der Waals surface area contributed by atoms with E-state index in [4.69, 9.17) is 11.6 Å². The number of amides is 6. The lowest BCUT2D eigenvalue weighted by Crippen LogP contribution is -2.47. The zero-order chi connectivity index (χ0) is 19.5. The van der Waals surface area contributed by atoms with Crippen molar-refractivity contribution in [1.82, 2.24) is 20.9 Å². The van der Waals surface area contributed by atoms with Gasteiger partial charge in [0, 0.05) is 11.6 Å². The number of hydrogen-bond acceptors (Lipinski definition) is 4. The first-order valence-electron chi connectivity index (χ1n) is 8.11. The van der Waals surface area contributed by atoms with Gasteiger partial charge in [-0.25, -0.2) is 9.59 Å². The third-order valence-corrected chi connectivity index (χ3v) is 4.17. The second-order valence-electron chi connectivity index (χ2n) is 6.61. The van der Waals surface area contributed by atoms with Crippen LogP contribution < -0.4 is 16.0 Å². The second kappa shape index (κ2) is 7.74. The largest absolute Gasteiger partial charge is 0.338 e. The van der Waals surface area contributed by atoms with Gasteiger partial charge in [-0.05, 0) is 30.5 Å². The standard InChI is InChI=1S/C17H21ClN4O4/c1-10(2)8-19-15(25)20-13(23)9-22-14(24)17(3,21-16(22)26)11-4-6-12(18)7-5-11/h4-7,10H,8-9H2,1-3H3,(H,21,26)(H2,19,20,23,25). The van der Waals surface area contributed by atoms with E-state index in [2.05, 4.69) is 16.0 Å². The van der Waals surface area contributed by atoms with E-state index < -0.39 is 36.0 Å². The van der Waals surface area contributed by atoms with Gasteiger partial charge in [-0.15, -0.1) is 0 Å². The molecule has 1 aromatic rings. The summed E-state index contributed by atoms with van der Waals surface area (Å²) < 4.78 is 0. The van der Waals surface area contributed by atoms with Crippen molar-refractivity contribution in [1.29, 1.82) is 0 Å². The molecule has 26 heavy (non-hydrogen) atoms. The highest BCUT2D eigenvalue weighted by atomic mass is 35.5. The van der Waals surface area contributed by atoms with Crippen molar-refractivity contribution < 1.29 is 19.2 Å². The predicted octanol–water partition coefficient (Wildman–Crippen LogP) is 1.59. The number of hydrogen-bond donors (Lipinski definition) is 3. The number of urea groups is 2. The van der Waals surface area contributed by atoms with Gasteiger partial charge in [0.25, 0.3) is 5.91 Å². The van der Waals surface area contributed by atoms with Crippen LogP contribution >= 0.6 is 11.6 Å². The highest BCUT2D eigenvalue weighted by Gasteiger charge is 2.49. The molecular weight excluding hydrogens is 360 g/mol. The van der Waals surface area contributed by atoms with Crippen molar-refractivity contribution in [3.8, 4) is 0 Å². The molecule has 0 radical (unpaired) electrons. The summed E-state index contributed by atoms with van der Waals surface area (Å²) in [6.07, 6.45) is 0. The Bertz CT molecular complexity index is 735. The highest BCUT2D eigenvalue weighted by Crippen LogP contribution is 2.29. The van der Waals surface area contributed by atoms with E-state index in [0.717, 1.165) is 4.90 Å². The summed E-state index contributed by atoms with van der Waals surface area (Å²) in [5.41, 5.74) is -0.764. The summed E-state index contributed by atoms with van der Waals surface area (Å²) in [4.78, 5) is 49.2. The molecule has 1 aliphatic heterocycles. The zero-order valence-electron chi connectivity index (χ0n) is 14.8. The lowest BCUT2D eigenvalue weighted by atomic mass is 9.92. The molecule has 1 heterocycles. The van der Waals surface area contributed by atoms with Crippen LogP contribution in [0, 0.1) is 5.92 Å². The molecule has 9 heteroatoms. The van der Waals surface area contributed by atoms with Crippen molar-refractivity contribution in [3.05, 3.63) is 34.9 Å². The fraction of sp³-hybridized carbons (Fsp3) is 0.412. The predicted molar refractivity (Wildman–Crippen MR) is 95.4 cm³/mol. The Morgan fingerprint density at radius 1 is 1.23 bits per heavy atom. The van der Waals surface area contributed by atoms with Gasteiger partial charge in [-0.1, -0.05) is 37.6 Å². The molecule has 140 valence electrons. The van der Waals surface area contributed by atoms with Crippen LogP contribution in [0.25, 0.3) is 0 Å². The molecule has 2 rings (SSSR count). The summed E-state index contributed by atoms with van der Waals surface area (Å²) in [6.45, 7) is 5.21. The fourth-order valence-corrected chi connectivity index (χ4v) is 2.60. The molecule has 3 N–H and O–H groups in total. The maximum Gasteiger partial charge on any atom is 0.325 e. The van der Waals surface area contributed by atoms with E-state index in [1.54, 1.807) is 31.2 Å². The van der Waals surface area contributed by atoms with E-state index in [9.17, 15) is 19.2 Å². The average Bonchev–Trinajstić information content (AvgIpc) is 2.77. The normalized spacial score (nSPS) is 19.5. The number of carbonyl (C=O) groups is 4. The van der Waals surface area contributed by atoms with Crippen LogP contribution in [0.1, 0.15) is 26.3 Å². The van der Waals surface area contributed by atoms with Gasteiger partial charge in [0.2, 0.25) is 5.91 Å². The number of carbonyl (C=O) groups excluding carboxylic acids is 4. The number of benzene rings is 1. The lowest BCUT2D eigenvalue weighted by molar-refractivity contribution is -0.134. The molecule has 1 atom stereocenters. The molecule has 6 amide bonds. The molecule has 0 aromatic heterocycles. The van der Waals surface area contributed by atoms with Gasteiger partial charge in [-0.2, -0.15) is 0 Å². The maximum absolute atomic E-state index is 12.7. The molecule has 8 nitrogen and oxygen atoms in total. The number of nitrogens with zero attached hydrogens (tertiary/aromatic N) is 1. The summed E-state index contributed by atoms with van der Waals surface area (Å²) >= 11 is 5.85. The van der Waals surface area contributed by atoms with E-state index in [0.29, 0.717) is 17.1 Å². The minimum absolute atomic E-state index is 0.224. The Balaban J connectivity index is 2.03. The zero-order valence-corrected chi connectivity index (χ0v) is 15.5. The molecule has 1 aromatic carbocycles. The first kappa shape index (κ1) is 19.7. The first-order valence-corrected chi connectivity index (χ1v) is 8.49. The molecule has 1 saturated heterocycles. The molecule has 1 aliphatic rings. The van der Waals surface area contributed by atoms with Crippen LogP contribution in [0.5, 0.6) is 0 Å². The van der Waals surface area contributed by atoms with Gasteiger partial charge in [0.05, 0.1) is 0 Å². The number of rotatable bonds is 5. The van der Waals surface area contributed by atoms with Crippen LogP contribution in [-0.2, 0) is 15.1 Å². The SMILES string of the molecule is CC(C)CNC(=O)NC(=O)CN1C(=O)NC(C)(c2ccc(Cl)cc2)C1=O. The van der Waals surface area contributed by atoms with Crippen molar-refractivity contribution >= 4 is 35.5 Å². The van der Waals surface area contributed by atoms with E-state index in [-0.39, 0.29) is 5.92 Å². The van der Waals surface area contributed by atoms with Crippen molar-refractivity contribution in [2.45, 2.75) is 26.3 Å². The minimum atomic E-state index is -1.30. The van der Waals surface area contributed by atoms with Crippen LogP contribution in [0.15, 0.2) is 24.3 Å². The van der Waals surface area contributed by atoms with E-state index >= 15 is 0 Å². The monoisotopic (exact) mass is 380 g/mol. The maximum atomic E-state index is 12.7. The summed E-state index contributed by atoms with van der Waals surface area (Å²) in [5, 5.41) is 7.69. The highest BCUT2D eigenvalue weighted by molar-refractivity contribution is 6.30. The molecule has 0 bridgehead atoms. The van der Waals surface area contributed by atoms with Crippen molar-refractivity contribution in [2.24, 2.45) is 5.92 Å². The molecule has 1 fully saturated rings. The Kier molecular flexibility index (Phi) is 5.86. The van der Waals surface area contributed by atoms with Gasteiger partial charge >= 0.3 is 12.1 Å². The van der Waals surface area contributed by atoms with Gasteiger partial charge in [0.1, 0.15) is 12.1 Å². The minimum Gasteiger partial charge on any atom is -0.338 e. The fourth-order valence-electron chi connectivity index (χ4n) is 2.47. The van der Waals surface area contributed by atoms with Gasteiger partial charge < -0.3 is 10.6 Å². The van der Waals surface area contributed by atoms with Crippen molar-refractivity contribution in [2.75, 3.05) is 13.1 Å². The number of nitrogens with one attached hydrogen (secondary N) is 3. The number of halogens is 1. The second-order valence-corrected chi connectivity index (χ2v) is 7.04. The van der Waals surface area contributed by atoms with Crippen LogP contribution in [0.4, 0.5) is 9.59 Å². The Morgan fingerprint density at radius 2 is 1.85 bits per heavy atom. The summed E-state index contributed by atoms with van der Waals surface area (Å²) in [7, 11) is 0. The third kappa shape index (κ3) is 4.32. The quantitative estimate of drug-likeness (QED) is 0.674. The van der Waals surface area contributed by atoms with Crippen LogP contribution in [-0.4, -0.2) is 41.9 Å². The van der Waals surface area contributed by atoms with E-state index in [1.165, 1.54) is 0 Å². The lowest BCUT2D eigenvalue weighted by Gasteiger charge is -2.22. The first-order chi connectivity index (χ1) is 12.1. The average molecular weight is 381 g/mol. The van der Waals surface area contributed by atoms with Crippen molar-refractivity contribution in [3.63, 3.8) is 0 Å². The van der Waals surface area contributed by atoms with Crippen LogP contribution in [0.2, 0.25) is 5.02 Å². The van der Waals surface area contributed by atoms with Gasteiger partial charge in [-0.3, -0.25) is 19.8 Å². The summed E-state index contributed by atoms with van der Waals surface area (Å²) in [6, 6.07) is 5.10. The summed E-state index contributed by atoms with van der Waals surface area (Å²) in [5.74, 6) is -1.11. The molecule has 0 saturated carbocycles. The number of imide groups is 2. The Morgan fingerprint density at radius 3 is 2.42 bits per heavy atom. The topological polar surface area (TPSA) is 108 Å². The van der Waals surface area contributed by atoms with Gasteiger partial charge in [0.15, 0.2) is 0 Å². The molecule has 0 aliphatic carbocycles. The van der Waals surface area contributed by atoms with E-state index in [1.807, 2.05) is 13.8 Å².